The number of fused-ring (bicyclic) bond motifs is 1. The zero-order chi connectivity index (χ0) is 18.1. The number of carbonyl (C=O) groups excluding carboxylic acids is 1. The molecule has 1 N–H and O–H groups in total. The molecule has 1 aromatic carbocycles. The molecule has 0 bridgehead atoms. The first kappa shape index (κ1) is 19.8. The third-order valence-corrected chi connectivity index (χ3v) is 5.81. The van der Waals surface area contributed by atoms with Crippen LogP contribution in [-0.2, 0) is 6.42 Å². The summed E-state index contributed by atoms with van der Waals surface area (Å²) in [6, 6.07) is 6.21. The molecule has 2 aromatic rings. The lowest BCUT2D eigenvalue weighted by atomic mass is 9.92. The van der Waals surface area contributed by atoms with Crippen molar-refractivity contribution < 1.29 is 9.18 Å². The van der Waals surface area contributed by atoms with E-state index in [0.717, 1.165) is 50.4 Å². The molecule has 7 heteroatoms. The highest BCUT2D eigenvalue weighted by molar-refractivity contribution is 5.95. The smallest absolute Gasteiger partial charge is 0.257 e. The van der Waals surface area contributed by atoms with Gasteiger partial charge in [-0.2, -0.15) is 5.10 Å². The Hall–Kier alpha value is -1.92. The second-order valence-corrected chi connectivity index (χ2v) is 7.29. The van der Waals surface area contributed by atoms with Gasteiger partial charge in [-0.05, 0) is 68.5 Å². The van der Waals surface area contributed by atoms with Crippen molar-refractivity contribution in [1.82, 2.24) is 20.0 Å². The Bertz CT molecular complexity index is 778. The van der Waals surface area contributed by atoms with Gasteiger partial charge in [0.1, 0.15) is 5.82 Å². The van der Waals surface area contributed by atoms with Crippen LogP contribution in [0.3, 0.4) is 0 Å². The van der Waals surface area contributed by atoms with Gasteiger partial charge in [0.25, 0.3) is 5.91 Å². The Morgan fingerprint density at radius 1 is 1.19 bits per heavy atom. The second-order valence-electron chi connectivity index (χ2n) is 7.29. The summed E-state index contributed by atoms with van der Waals surface area (Å²) in [6.45, 7) is 5.80. The monoisotopic (exact) mass is 392 g/mol. The molecule has 1 aromatic heterocycles. The Labute approximate surface area is 165 Å². The summed E-state index contributed by atoms with van der Waals surface area (Å²) in [7, 11) is 0. The van der Waals surface area contributed by atoms with E-state index < -0.39 is 0 Å². The minimum atomic E-state index is -0.278. The highest BCUT2D eigenvalue weighted by Gasteiger charge is 2.32. The summed E-state index contributed by atoms with van der Waals surface area (Å²) in [5.41, 5.74) is 2.33. The molecule has 2 fully saturated rings. The molecule has 2 saturated heterocycles. The summed E-state index contributed by atoms with van der Waals surface area (Å²) in [4.78, 5) is 15.1. The number of hydrogen-bond donors (Lipinski definition) is 1. The number of aromatic nitrogens is 2. The number of halogens is 2. The van der Waals surface area contributed by atoms with E-state index >= 15 is 0 Å². The van der Waals surface area contributed by atoms with Crippen LogP contribution in [0, 0.1) is 17.7 Å². The maximum absolute atomic E-state index is 13.2. The average Bonchev–Trinajstić information content (AvgIpc) is 3.24. The molecular weight excluding hydrogens is 367 g/mol. The Kier molecular flexibility index (Phi) is 6.17. The van der Waals surface area contributed by atoms with Crippen molar-refractivity contribution >= 4 is 18.3 Å². The van der Waals surface area contributed by atoms with Gasteiger partial charge in [-0.3, -0.25) is 4.79 Å². The summed E-state index contributed by atoms with van der Waals surface area (Å²) in [6.07, 6.45) is 4.49. The van der Waals surface area contributed by atoms with Gasteiger partial charge < -0.3 is 10.2 Å². The number of hydrogen-bond acceptors (Lipinski definition) is 3. The number of carbonyl (C=O) groups is 1. The minimum absolute atomic E-state index is 0. The Balaban J connectivity index is 0.00000210. The molecule has 0 spiro atoms. The van der Waals surface area contributed by atoms with Crippen LogP contribution in [0.2, 0.25) is 0 Å². The topological polar surface area (TPSA) is 50.2 Å². The van der Waals surface area contributed by atoms with Gasteiger partial charge in [-0.15, -0.1) is 12.4 Å². The quantitative estimate of drug-likeness (QED) is 0.873. The maximum atomic E-state index is 13.2. The minimum Gasteiger partial charge on any atom is -0.339 e. The summed E-state index contributed by atoms with van der Waals surface area (Å²) < 4.78 is 15.0. The number of nitrogens with one attached hydrogen (secondary N) is 1. The van der Waals surface area contributed by atoms with Gasteiger partial charge in [0.15, 0.2) is 0 Å². The van der Waals surface area contributed by atoms with Crippen LogP contribution in [0.5, 0.6) is 0 Å². The highest BCUT2D eigenvalue weighted by atomic mass is 35.5. The standard InChI is InChI=1S/C20H25FN4O.ClH/c1-2-19-18(13-23-25(19)17-5-3-16(21)4-6-17)20(26)24-9-7-14-11-22-12-15(14)8-10-24;/h3-6,13-15,22H,2,7-12H2,1H3;1H/t14-,15+;. The van der Waals surface area contributed by atoms with Crippen molar-refractivity contribution in [2.75, 3.05) is 26.2 Å². The van der Waals surface area contributed by atoms with Gasteiger partial charge in [-0.1, -0.05) is 6.92 Å². The largest absolute Gasteiger partial charge is 0.339 e. The van der Waals surface area contributed by atoms with Crippen LogP contribution in [-0.4, -0.2) is 46.8 Å². The van der Waals surface area contributed by atoms with Crippen molar-refractivity contribution in [3.8, 4) is 5.69 Å². The number of amides is 1. The van der Waals surface area contributed by atoms with Crippen LogP contribution >= 0.6 is 12.4 Å². The van der Waals surface area contributed by atoms with Crippen LogP contribution in [0.15, 0.2) is 30.5 Å². The van der Waals surface area contributed by atoms with Gasteiger partial charge in [0.2, 0.25) is 0 Å². The van der Waals surface area contributed by atoms with Crippen molar-refractivity contribution in [3.05, 3.63) is 47.5 Å². The normalized spacial score (nSPS) is 22.1. The van der Waals surface area contributed by atoms with E-state index in [1.54, 1.807) is 23.0 Å². The zero-order valence-electron chi connectivity index (χ0n) is 15.5. The number of rotatable bonds is 3. The summed E-state index contributed by atoms with van der Waals surface area (Å²) in [5.74, 6) is 1.18. The zero-order valence-corrected chi connectivity index (χ0v) is 16.3. The molecule has 2 aliphatic rings. The van der Waals surface area contributed by atoms with E-state index in [1.165, 1.54) is 12.1 Å². The predicted molar refractivity (Wildman–Crippen MR) is 105 cm³/mol. The molecule has 3 heterocycles. The number of likely N-dealkylation sites (tertiary alicyclic amines) is 1. The van der Waals surface area contributed by atoms with Gasteiger partial charge in [0, 0.05) is 13.1 Å². The second kappa shape index (κ2) is 8.40. The van der Waals surface area contributed by atoms with E-state index in [1.807, 2.05) is 11.8 Å². The van der Waals surface area contributed by atoms with Crippen molar-refractivity contribution in [2.24, 2.45) is 11.8 Å². The Morgan fingerprint density at radius 2 is 1.81 bits per heavy atom. The van der Waals surface area contributed by atoms with Gasteiger partial charge >= 0.3 is 0 Å². The van der Waals surface area contributed by atoms with Crippen molar-refractivity contribution in [1.29, 1.82) is 0 Å². The molecule has 27 heavy (non-hydrogen) atoms. The van der Waals surface area contributed by atoms with Gasteiger partial charge in [-0.25, -0.2) is 9.07 Å². The van der Waals surface area contributed by atoms with Crippen LogP contribution in [0.25, 0.3) is 5.69 Å². The van der Waals surface area contributed by atoms with E-state index in [-0.39, 0.29) is 24.1 Å². The maximum Gasteiger partial charge on any atom is 0.257 e. The van der Waals surface area contributed by atoms with Crippen molar-refractivity contribution in [3.63, 3.8) is 0 Å². The molecule has 0 unspecified atom stereocenters. The Morgan fingerprint density at radius 3 is 2.41 bits per heavy atom. The van der Waals surface area contributed by atoms with Crippen LogP contribution < -0.4 is 5.32 Å². The lowest BCUT2D eigenvalue weighted by molar-refractivity contribution is 0.0757. The first-order chi connectivity index (χ1) is 12.7. The average molecular weight is 393 g/mol. The molecule has 0 radical (unpaired) electrons. The molecule has 0 aliphatic carbocycles. The first-order valence-electron chi connectivity index (χ1n) is 9.50. The van der Waals surface area contributed by atoms with E-state index in [9.17, 15) is 9.18 Å². The fourth-order valence-corrected chi connectivity index (χ4v) is 4.29. The third kappa shape index (κ3) is 3.87. The molecule has 4 rings (SSSR count). The molecule has 0 saturated carbocycles. The number of nitrogens with zero attached hydrogens (tertiary/aromatic N) is 3. The van der Waals surface area contributed by atoms with E-state index in [0.29, 0.717) is 23.8 Å². The van der Waals surface area contributed by atoms with E-state index in [2.05, 4.69) is 10.4 Å². The molecule has 2 atom stereocenters. The molecule has 146 valence electrons. The SMILES string of the molecule is CCc1c(C(=O)N2CC[C@@H]3CNC[C@@H]3CC2)cnn1-c1ccc(F)cc1.Cl. The highest BCUT2D eigenvalue weighted by Crippen LogP contribution is 2.28. The summed E-state index contributed by atoms with van der Waals surface area (Å²) >= 11 is 0. The fraction of sp³-hybridized carbons (Fsp3) is 0.500. The number of benzene rings is 1. The fourth-order valence-electron chi connectivity index (χ4n) is 4.29. The first-order valence-corrected chi connectivity index (χ1v) is 9.50. The lowest BCUT2D eigenvalue weighted by Crippen LogP contribution is -2.33. The molecule has 1 amide bonds. The van der Waals surface area contributed by atoms with Crippen LogP contribution in [0.4, 0.5) is 4.39 Å². The molecule has 2 aliphatic heterocycles. The molecule has 5 nitrogen and oxygen atoms in total. The summed E-state index contributed by atoms with van der Waals surface area (Å²) in [5, 5.41) is 7.89. The van der Waals surface area contributed by atoms with Crippen LogP contribution in [0.1, 0.15) is 35.8 Å². The van der Waals surface area contributed by atoms with Gasteiger partial charge in [0.05, 0.1) is 23.1 Å². The van der Waals surface area contributed by atoms with Crippen molar-refractivity contribution in [2.45, 2.75) is 26.2 Å². The van der Waals surface area contributed by atoms with E-state index in [4.69, 9.17) is 0 Å². The third-order valence-electron chi connectivity index (χ3n) is 5.81. The predicted octanol–water partition coefficient (Wildman–Crippen LogP) is 3.07. The molecular formula is C20H26ClFN4O. The lowest BCUT2D eigenvalue weighted by Gasteiger charge is -2.21.